The third-order valence-corrected chi connectivity index (χ3v) is 12.1. The van der Waals surface area contributed by atoms with Crippen molar-refractivity contribution in [3.8, 4) is 17.6 Å². The van der Waals surface area contributed by atoms with Crippen LogP contribution in [0.4, 0.5) is 4.39 Å². The summed E-state index contributed by atoms with van der Waals surface area (Å²) in [5, 5.41) is 45.2. The summed E-state index contributed by atoms with van der Waals surface area (Å²) in [6, 6.07) is 28.5. The average Bonchev–Trinajstić information content (AvgIpc) is 3.27. The molecule has 6 atom stereocenters. The van der Waals surface area contributed by atoms with Crippen molar-refractivity contribution in [1.29, 1.82) is 5.26 Å². The number of amides is 1. The number of halogens is 1. The Morgan fingerprint density at radius 2 is 1.70 bits per heavy atom. The third kappa shape index (κ3) is 9.02. The van der Waals surface area contributed by atoms with Crippen LogP contribution in [0.3, 0.4) is 0 Å². The Kier molecular flexibility index (Phi) is 13.8. The summed E-state index contributed by atoms with van der Waals surface area (Å²) in [7, 11) is 0. The third-order valence-electron chi connectivity index (χ3n) is 12.1. The topological polar surface area (TPSA) is 145 Å². The number of aliphatic hydroxyl groups excluding tert-OH is 2. The van der Waals surface area contributed by atoms with Gasteiger partial charge in [-0.3, -0.25) is 4.79 Å². The molecule has 11 heteroatoms. The Morgan fingerprint density at radius 1 is 0.967 bits per heavy atom. The molecule has 1 aliphatic heterocycles. The van der Waals surface area contributed by atoms with Crippen molar-refractivity contribution in [1.82, 2.24) is 4.90 Å². The van der Waals surface area contributed by atoms with E-state index in [9.17, 15) is 25.0 Å². The van der Waals surface area contributed by atoms with Crippen LogP contribution in [-0.4, -0.2) is 63.5 Å². The molecule has 2 aliphatic carbocycles. The molecule has 6 unspecified atom stereocenters. The number of hydrogen-bond acceptors (Lipinski definition) is 9. The van der Waals surface area contributed by atoms with Crippen molar-refractivity contribution < 1.29 is 38.8 Å². The first-order chi connectivity index (χ1) is 29.3. The largest absolute Gasteiger partial charge is 0.508 e. The minimum absolute atomic E-state index is 0.0170. The van der Waals surface area contributed by atoms with Gasteiger partial charge in [-0.1, -0.05) is 72.6 Å². The SMILES string of the molecule is C=CCOC12Oc3ccc(O)cc3C3C(CCCCO)C(CCCCO)C=C(C(=NOCc4ccccc4)CC1N(Cc1ccc(F)cc1)C(=O)c1ccc(C#N)cc1)C32. The van der Waals surface area contributed by atoms with Crippen molar-refractivity contribution in [2.24, 2.45) is 22.9 Å². The van der Waals surface area contributed by atoms with E-state index in [1.54, 1.807) is 65.6 Å². The number of hydrogen-bond donors (Lipinski definition) is 3. The number of phenols is 1. The van der Waals surface area contributed by atoms with Crippen LogP contribution in [0.2, 0.25) is 0 Å². The van der Waals surface area contributed by atoms with Crippen LogP contribution < -0.4 is 4.74 Å². The first kappa shape index (κ1) is 42.3. The Hall–Kier alpha value is -5.80. The van der Waals surface area contributed by atoms with Crippen LogP contribution in [0.25, 0.3) is 0 Å². The summed E-state index contributed by atoms with van der Waals surface area (Å²) in [5.74, 6) is -2.62. The predicted molar refractivity (Wildman–Crippen MR) is 225 cm³/mol. The number of phenolic OH excluding ortho intramolecular Hbond substituents is 1. The van der Waals surface area contributed by atoms with E-state index in [-0.39, 0.29) is 68.8 Å². The zero-order chi connectivity index (χ0) is 42.1. The lowest BCUT2D eigenvalue weighted by Gasteiger charge is -2.60. The summed E-state index contributed by atoms with van der Waals surface area (Å²) in [6.45, 7) is 4.45. The molecule has 1 fully saturated rings. The van der Waals surface area contributed by atoms with Crippen LogP contribution in [0, 0.1) is 34.9 Å². The van der Waals surface area contributed by atoms with Gasteiger partial charge in [0.2, 0.25) is 5.79 Å². The Bertz CT molecular complexity index is 2200. The number of allylic oxidation sites excluding steroid dienone is 1. The molecule has 60 heavy (non-hydrogen) atoms. The Labute approximate surface area is 350 Å². The van der Waals surface area contributed by atoms with Gasteiger partial charge in [-0.2, -0.15) is 5.26 Å². The van der Waals surface area contributed by atoms with E-state index in [1.165, 1.54) is 12.1 Å². The predicted octanol–water partition coefficient (Wildman–Crippen LogP) is 8.58. The number of aromatic hydroxyl groups is 1. The van der Waals surface area contributed by atoms with Crippen molar-refractivity contribution in [3.63, 3.8) is 0 Å². The van der Waals surface area contributed by atoms with Crippen molar-refractivity contribution in [2.45, 2.75) is 75.8 Å². The summed E-state index contributed by atoms with van der Waals surface area (Å²) < 4.78 is 28.6. The number of nitriles is 1. The zero-order valence-corrected chi connectivity index (χ0v) is 33.7. The van der Waals surface area contributed by atoms with Gasteiger partial charge in [0.05, 0.1) is 29.9 Å². The number of carbonyl (C=O) groups excluding carboxylic acids is 1. The van der Waals surface area contributed by atoms with Crippen LogP contribution in [0.15, 0.2) is 127 Å². The minimum Gasteiger partial charge on any atom is -0.508 e. The highest BCUT2D eigenvalue weighted by Crippen LogP contribution is 2.62. The Morgan fingerprint density at radius 3 is 2.40 bits per heavy atom. The van der Waals surface area contributed by atoms with E-state index in [0.29, 0.717) is 41.0 Å². The average molecular weight is 814 g/mol. The highest BCUT2D eigenvalue weighted by Gasteiger charge is 2.65. The zero-order valence-electron chi connectivity index (χ0n) is 33.7. The molecular weight excluding hydrogens is 762 g/mol. The fourth-order valence-electron chi connectivity index (χ4n) is 9.38. The molecule has 4 aromatic rings. The molecule has 0 bridgehead atoms. The van der Waals surface area contributed by atoms with Crippen LogP contribution in [-0.2, 0) is 22.7 Å². The smallest absolute Gasteiger partial charge is 0.254 e. The van der Waals surface area contributed by atoms with Crippen LogP contribution in [0.5, 0.6) is 11.5 Å². The number of ether oxygens (including phenoxy) is 2. The molecule has 312 valence electrons. The second kappa shape index (κ2) is 19.5. The first-order valence-electron chi connectivity index (χ1n) is 20.8. The summed E-state index contributed by atoms with van der Waals surface area (Å²) in [5.41, 5.74) is 4.63. The normalized spacial score (nSPS) is 23.3. The van der Waals surface area contributed by atoms with E-state index >= 15 is 4.79 Å². The molecule has 0 spiro atoms. The molecular formula is C49H52FN3O7. The fraction of sp³-hybridized carbons (Fsp3) is 0.367. The van der Waals surface area contributed by atoms with E-state index < -0.39 is 23.6 Å². The van der Waals surface area contributed by atoms with Gasteiger partial charge >= 0.3 is 0 Å². The van der Waals surface area contributed by atoms with Crippen LogP contribution >= 0.6 is 0 Å². The number of unbranched alkanes of at least 4 members (excludes halogenated alkanes) is 2. The number of aliphatic hydroxyl groups is 2. The van der Waals surface area contributed by atoms with E-state index in [0.717, 1.165) is 42.4 Å². The lowest BCUT2D eigenvalue weighted by atomic mass is 9.55. The number of rotatable bonds is 18. The lowest BCUT2D eigenvalue weighted by Crippen LogP contribution is -2.70. The van der Waals surface area contributed by atoms with Gasteiger partial charge in [-0.15, -0.1) is 6.58 Å². The lowest BCUT2D eigenvalue weighted by molar-refractivity contribution is -0.255. The summed E-state index contributed by atoms with van der Waals surface area (Å²) in [4.78, 5) is 23.0. The van der Waals surface area contributed by atoms with Gasteiger partial charge < -0.3 is 34.5 Å². The van der Waals surface area contributed by atoms with E-state index in [4.69, 9.17) is 19.5 Å². The maximum atomic E-state index is 15.2. The van der Waals surface area contributed by atoms with Gasteiger partial charge in [-0.25, -0.2) is 4.39 Å². The van der Waals surface area contributed by atoms with Gasteiger partial charge in [-0.05, 0) is 109 Å². The standard InChI is InChI=1S/C49H52FN3O7/c1-2-26-58-49-45(53(31-34-16-20-38(50)21-17-34)48(57)36-18-14-33(30-51)15-19-36)29-43(52-59-32-35-10-4-3-5-11-35)41-27-37(12-6-8-24-54)40(13-7-9-25-55)46(47(41)49)42-28-39(56)22-23-44(42)60-49/h2-5,10-11,14-23,27-28,37,40,45-47,54-56H,1,6-9,12-13,24-26,29,31-32H2. The quantitative estimate of drug-likeness (QED) is 0.0515. The van der Waals surface area contributed by atoms with Gasteiger partial charge in [0.15, 0.2) is 0 Å². The molecule has 0 aromatic heterocycles. The maximum Gasteiger partial charge on any atom is 0.254 e. The summed E-state index contributed by atoms with van der Waals surface area (Å²) in [6.07, 6.45) is 8.37. The highest BCUT2D eigenvalue weighted by atomic mass is 19.1. The molecule has 10 nitrogen and oxygen atoms in total. The molecule has 0 radical (unpaired) electrons. The number of carbonyl (C=O) groups is 1. The minimum atomic E-state index is -1.54. The number of fused-ring (bicyclic) bond motifs is 2. The number of oxime groups is 1. The van der Waals surface area contributed by atoms with E-state index in [2.05, 4.69) is 18.7 Å². The number of benzene rings is 4. The monoisotopic (exact) mass is 813 g/mol. The first-order valence-corrected chi connectivity index (χ1v) is 20.8. The molecule has 7 rings (SSSR count). The molecule has 1 amide bonds. The van der Waals surface area contributed by atoms with Crippen molar-refractivity contribution >= 4 is 11.6 Å². The van der Waals surface area contributed by atoms with Crippen molar-refractivity contribution in [3.05, 3.63) is 155 Å². The number of nitrogens with zero attached hydrogens (tertiary/aromatic N) is 3. The molecule has 1 saturated carbocycles. The second-order valence-corrected chi connectivity index (χ2v) is 15.8. The molecule has 3 aliphatic rings. The fourth-order valence-corrected chi connectivity index (χ4v) is 9.38. The molecule has 1 heterocycles. The Balaban J connectivity index is 1.47. The molecule has 4 aromatic carbocycles. The van der Waals surface area contributed by atoms with Gasteiger partial charge in [0.1, 0.15) is 30.0 Å². The molecule has 0 saturated heterocycles. The van der Waals surface area contributed by atoms with Gasteiger partial charge in [0, 0.05) is 43.2 Å². The molecule has 3 N–H and O–H groups in total. The van der Waals surface area contributed by atoms with Crippen molar-refractivity contribution in [2.75, 3.05) is 19.8 Å². The second-order valence-electron chi connectivity index (χ2n) is 15.8. The summed E-state index contributed by atoms with van der Waals surface area (Å²) >= 11 is 0. The van der Waals surface area contributed by atoms with Gasteiger partial charge in [0.25, 0.3) is 5.91 Å². The maximum absolute atomic E-state index is 15.2. The van der Waals surface area contributed by atoms with Crippen LogP contribution in [0.1, 0.15) is 83.5 Å². The van der Waals surface area contributed by atoms with E-state index in [1.807, 2.05) is 30.3 Å². The highest BCUT2D eigenvalue weighted by molar-refractivity contribution is 6.03.